The van der Waals surface area contributed by atoms with Gasteiger partial charge >= 0.3 is 5.63 Å². The molecule has 7 aromatic rings. The van der Waals surface area contributed by atoms with Crippen molar-refractivity contribution in [3.05, 3.63) is 122 Å². The highest BCUT2D eigenvalue weighted by molar-refractivity contribution is 6.12. The molecule has 0 bridgehead atoms. The van der Waals surface area contributed by atoms with Gasteiger partial charge in [0.2, 0.25) is 5.56 Å². The Hall–Kier alpha value is -5.10. The van der Waals surface area contributed by atoms with Crippen LogP contribution in [0, 0.1) is 13.8 Å². The summed E-state index contributed by atoms with van der Waals surface area (Å²) < 4.78 is 18.0. The summed E-state index contributed by atoms with van der Waals surface area (Å²) in [6, 6.07) is 26.5. The lowest BCUT2D eigenvalue weighted by molar-refractivity contribution is 0.307. The van der Waals surface area contributed by atoms with Gasteiger partial charge in [0.25, 0.3) is 0 Å². The van der Waals surface area contributed by atoms with Crippen LogP contribution in [0.25, 0.3) is 54.9 Å². The number of H-pyrrole nitrogens is 1. The van der Waals surface area contributed by atoms with E-state index >= 15 is 0 Å². The molecule has 3 aromatic heterocycles. The Bertz CT molecular complexity index is 2200. The van der Waals surface area contributed by atoms with Crippen LogP contribution in [-0.2, 0) is 6.61 Å². The van der Waals surface area contributed by atoms with Crippen molar-refractivity contribution in [1.82, 2.24) is 4.98 Å². The summed E-state index contributed by atoms with van der Waals surface area (Å²) in [7, 11) is 0. The molecule has 7 rings (SSSR count). The number of aromatic nitrogens is 1. The third kappa shape index (κ3) is 3.80. The normalized spacial score (nSPS) is 11.6. The number of fused-ring (bicyclic) bond motifs is 5. The third-order valence-electron chi connectivity index (χ3n) is 7.35. The molecule has 0 aliphatic carbocycles. The Labute approximate surface area is 222 Å². The lowest BCUT2D eigenvalue weighted by Crippen LogP contribution is -2.09. The predicted molar refractivity (Wildman–Crippen MR) is 154 cm³/mol. The van der Waals surface area contributed by atoms with Gasteiger partial charge in [-0.25, -0.2) is 4.79 Å². The fourth-order valence-electron chi connectivity index (χ4n) is 5.45. The van der Waals surface area contributed by atoms with Gasteiger partial charge in [0, 0.05) is 51.0 Å². The first-order valence-corrected chi connectivity index (χ1v) is 12.7. The molecule has 4 aromatic carbocycles. The molecular formula is C33H23NO5. The van der Waals surface area contributed by atoms with E-state index in [4.69, 9.17) is 13.6 Å². The summed E-state index contributed by atoms with van der Waals surface area (Å²) in [6.07, 6.45) is 0. The maximum atomic E-state index is 12.5. The SMILES string of the molecule is Cc1c(-c2cc(=O)oc3ccc4ccccc4c23)oc2cc(OCc3cc(=O)[nH]c4c(C)cccc34)ccc12. The van der Waals surface area contributed by atoms with E-state index in [1.54, 1.807) is 6.07 Å². The topological polar surface area (TPSA) is 85.4 Å². The van der Waals surface area contributed by atoms with Crippen LogP contribution >= 0.6 is 0 Å². The molecule has 0 fully saturated rings. The molecule has 0 saturated carbocycles. The number of nitrogens with one attached hydrogen (secondary N) is 1. The number of aromatic amines is 1. The lowest BCUT2D eigenvalue weighted by atomic mass is 9.98. The molecule has 190 valence electrons. The maximum Gasteiger partial charge on any atom is 0.336 e. The van der Waals surface area contributed by atoms with E-state index in [9.17, 15) is 9.59 Å². The first kappa shape index (κ1) is 23.0. The first-order chi connectivity index (χ1) is 19.0. The second kappa shape index (κ2) is 8.74. The lowest BCUT2D eigenvalue weighted by Gasteiger charge is -2.10. The van der Waals surface area contributed by atoms with Crippen molar-refractivity contribution < 1.29 is 13.6 Å². The molecule has 0 saturated heterocycles. The molecule has 39 heavy (non-hydrogen) atoms. The number of furan rings is 1. The molecule has 0 atom stereocenters. The van der Waals surface area contributed by atoms with Gasteiger partial charge in [-0.1, -0.05) is 48.5 Å². The van der Waals surface area contributed by atoms with Crippen molar-refractivity contribution in [2.75, 3.05) is 0 Å². The van der Waals surface area contributed by atoms with Crippen LogP contribution in [0.5, 0.6) is 5.75 Å². The number of benzene rings is 4. The number of aryl methyl sites for hydroxylation is 2. The van der Waals surface area contributed by atoms with Crippen LogP contribution in [0.4, 0.5) is 0 Å². The minimum absolute atomic E-state index is 0.163. The number of rotatable bonds is 4. The van der Waals surface area contributed by atoms with E-state index in [1.807, 2.05) is 86.6 Å². The first-order valence-electron chi connectivity index (χ1n) is 12.7. The van der Waals surface area contributed by atoms with E-state index < -0.39 is 5.63 Å². The quantitative estimate of drug-likeness (QED) is 0.196. The molecule has 6 nitrogen and oxygen atoms in total. The zero-order valence-electron chi connectivity index (χ0n) is 21.3. The van der Waals surface area contributed by atoms with Crippen LogP contribution in [0.2, 0.25) is 0 Å². The van der Waals surface area contributed by atoms with Crippen molar-refractivity contribution in [2.24, 2.45) is 0 Å². The van der Waals surface area contributed by atoms with E-state index in [-0.39, 0.29) is 12.2 Å². The van der Waals surface area contributed by atoms with Crippen LogP contribution in [0.3, 0.4) is 0 Å². The van der Waals surface area contributed by atoms with Gasteiger partial charge in [0.1, 0.15) is 29.3 Å². The van der Waals surface area contributed by atoms with Gasteiger partial charge in [-0.3, -0.25) is 4.79 Å². The monoisotopic (exact) mass is 513 g/mol. The fourth-order valence-corrected chi connectivity index (χ4v) is 5.45. The Morgan fingerprint density at radius 1 is 0.769 bits per heavy atom. The molecule has 0 amide bonds. The number of para-hydroxylation sites is 1. The number of hydrogen-bond donors (Lipinski definition) is 1. The standard InChI is InChI=1S/C33H23NO5/c1-18-6-5-9-25-21(14-29(35)34-32(18)25)17-37-22-11-12-23-19(2)33(39-28(23)15-22)26-16-30(36)38-27-13-10-20-7-3-4-8-24(20)31(26)27/h3-16H,17H2,1-2H3,(H,34,35). The second-order valence-corrected chi connectivity index (χ2v) is 9.80. The predicted octanol–water partition coefficient (Wildman–Crippen LogP) is 7.40. The summed E-state index contributed by atoms with van der Waals surface area (Å²) in [4.78, 5) is 27.7. The van der Waals surface area contributed by atoms with Gasteiger partial charge in [-0.15, -0.1) is 0 Å². The highest BCUT2D eigenvalue weighted by Crippen LogP contribution is 2.39. The molecule has 6 heteroatoms. The average Bonchev–Trinajstić information content (AvgIpc) is 3.27. The Balaban J connectivity index is 1.31. The zero-order valence-corrected chi connectivity index (χ0v) is 21.3. The molecule has 1 N–H and O–H groups in total. The minimum atomic E-state index is -0.433. The average molecular weight is 514 g/mol. The second-order valence-electron chi connectivity index (χ2n) is 9.80. The number of ether oxygens (including phenoxy) is 1. The van der Waals surface area contributed by atoms with Crippen molar-refractivity contribution in [2.45, 2.75) is 20.5 Å². The van der Waals surface area contributed by atoms with Gasteiger partial charge < -0.3 is 18.6 Å². The Morgan fingerprint density at radius 2 is 1.62 bits per heavy atom. The zero-order chi connectivity index (χ0) is 26.7. The van der Waals surface area contributed by atoms with Crippen LogP contribution in [0.15, 0.2) is 103 Å². The highest BCUT2D eigenvalue weighted by atomic mass is 16.5. The van der Waals surface area contributed by atoms with Gasteiger partial charge in [-0.05, 0) is 48.4 Å². The summed E-state index contributed by atoms with van der Waals surface area (Å²) >= 11 is 0. The molecule has 0 spiro atoms. The van der Waals surface area contributed by atoms with E-state index in [0.717, 1.165) is 49.1 Å². The molecular weight excluding hydrogens is 490 g/mol. The van der Waals surface area contributed by atoms with E-state index in [2.05, 4.69) is 4.98 Å². The molecule has 0 radical (unpaired) electrons. The maximum absolute atomic E-state index is 12.5. The summed E-state index contributed by atoms with van der Waals surface area (Å²) in [6.45, 7) is 4.19. The minimum Gasteiger partial charge on any atom is -0.489 e. The van der Waals surface area contributed by atoms with Crippen LogP contribution < -0.4 is 15.9 Å². The number of pyridine rings is 1. The summed E-state index contributed by atoms with van der Waals surface area (Å²) in [5, 5.41) is 4.75. The summed E-state index contributed by atoms with van der Waals surface area (Å²) in [5.41, 5.74) is 4.81. The highest BCUT2D eigenvalue weighted by Gasteiger charge is 2.19. The van der Waals surface area contributed by atoms with Gasteiger partial charge in [0.05, 0.1) is 5.52 Å². The molecule has 0 aliphatic heterocycles. The van der Waals surface area contributed by atoms with Crippen molar-refractivity contribution in [3.8, 4) is 17.1 Å². The van der Waals surface area contributed by atoms with E-state index in [1.165, 1.54) is 6.07 Å². The van der Waals surface area contributed by atoms with Gasteiger partial charge in [0.15, 0.2) is 0 Å². The van der Waals surface area contributed by atoms with Crippen molar-refractivity contribution >= 4 is 43.6 Å². The molecule has 3 heterocycles. The third-order valence-corrected chi connectivity index (χ3v) is 7.35. The smallest absolute Gasteiger partial charge is 0.336 e. The van der Waals surface area contributed by atoms with Gasteiger partial charge in [-0.2, -0.15) is 0 Å². The van der Waals surface area contributed by atoms with Crippen LogP contribution in [0.1, 0.15) is 16.7 Å². The van der Waals surface area contributed by atoms with Crippen molar-refractivity contribution in [3.63, 3.8) is 0 Å². The van der Waals surface area contributed by atoms with Crippen LogP contribution in [-0.4, -0.2) is 4.98 Å². The van der Waals surface area contributed by atoms with E-state index in [0.29, 0.717) is 28.2 Å². The largest absolute Gasteiger partial charge is 0.489 e. The van der Waals surface area contributed by atoms with Crippen molar-refractivity contribution in [1.29, 1.82) is 0 Å². The fraction of sp³-hybridized carbons (Fsp3) is 0.0909. The Morgan fingerprint density at radius 3 is 2.51 bits per heavy atom. The molecule has 0 unspecified atom stereocenters. The molecule has 0 aliphatic rings. The Kier molecular flexibility index (Phi) is 5.16. The summed E-state index contributed by atoms with van der Waals surface area (Å²) in [5.74, 6) is 1.24. The number of hydrogen-bond acceptors (Lipinski definition) is 5.